The summed E-state index contributed by atoms with van der Waals surface area (Å²) in [5.41, 5.74) is 3.47. The summed E-state index contributed by atoms with van der Waals surface area (Å²) in [7, 11) is 0. The van der Waals surface area contributed by atoms with Gasteiger partial charge in [0.1, 0.15) is 18.0 Å². The molecule has 0 saturated carbocycles. The zero-order valence-electron chi connectivity index (χ0n) is 22.4. The number of ether oxygens (including phenoxy) is 2. The zero-order valence-corrected chi connectivity index (χ0v) is 22.4. The van der Waals surface area contributed by atoms with Crippen LogP contribution in [0.25, 0.3) is 5.69 Å². The highest BCUT2D eigenvalue weighted by atomic mass is 19.1. The third-order valence-electron chi connectivity index (χ3n) is 8.34. The van der Waals surface area contributed by atoms with E-state index in [1.54, 1.807) is 0 Å². The molecule has 0 radical (unpaired) electrons. The van der Waals surface area contributed by atoms with Gasteiger partial charge >= 0.3 is 0 Å². The summed E-state index contributed by atoms with van der Waals surface area (Å²) < 4.78 is 39.9. The molecule has 4 saturated heterocycles. The van der Waals surface area contributed by atoms with Crippen LogP contribution in [0.2, 0.25) is 0 Å². The third-order valence-corrected chi connectivity index (χ3v) is 8.34. The van der Waals surface area contributed by atoms with Gasteiger partial charge in [-0.2, -0.15) is 4.98 Å². The van der Waals surface area contributed by atoms with E-state index in [4.69, 9.17) is 9.47 Å². The number of rotatable bonds is 7. The number of hydrogen-bond acceptors (Lipinski definition) is 9. The summed E-state index contributed by atoms with van der Waals surface area (Å²) in [6.07, 6.45) is 1.45. The van der Waals surface area contributed by atoms with Crippen molar-refractivity contribution < 1.29 is 18.3 Å². The molecule has 7 rings (SSSR count). The van der Waals surface area contributed by atoms with Crippen molar-refractivity contribution in [2.24, 2.45) is 0 Å². The largest absolute Gasteiger partial charge is 0.379 e. The van der Waals surface area contributed by atoms with Gasteiger partial charge in [0.15, 0.2) is 0 Å². The van der Waals surface area contributed by atoms with Crippen molar-refractivity contribution in [3.63, 3.8) is 0 Å². The van der Waals surface area contributed by atoms with Crippen molar-refractivity contribution in [1.82, 2.24) is 24.6 Å². The summed E-state index contributed by atoms with van der Waals surface area (Å²) in [5.74, 6) is -0.961. The van der Waals surface area contributed by atoms with Gasteiger partial charge in [-0.05, 0) is 30.3 Å². The van der Waals surface area contributed by atoms with Crippen molar-refractivity contribution in [3.8, 4) is 5.69 Å². The van der Waals surface area contributed by atoms with Crippen LogP contribution in [0, 0.1) is 11.6 Å². The molecular formula is C28H34F2N8O2. The van der Waals surface area contributed by atoms with E-state index in [1.165, 1.54) is 23.1 Å². The molecule has 0 unspecified atom stereocenters. The number of hydrogen-bond donors (Lipinski definition) is 1. The van der Waals surface area contributed by atoms with E-state index in [-0.39, 0.29) is 5.69 Å². The predicted octanol–water partition coefficient (Wildman–Crippen LogP) is 2.33. The first-order chi connectivity index (χ1) is 19.6. The molecular weight excluding hydrogens is 518 g/mol. The molecule has 1 aromatic heterocycles. The van der Waals surface area contributed by atoms with Crippen LogP contribution in [-0.2, 0) is 9.47 Å². The molecule has 0 atom stereocenters. The number of aromatic nitrogens is 3. The second-order valence-electron chi connectivity index (χ2n) is 10.9. The predicted molar refractivity (Wildman–Crippen MR) is 148 cm³/mol. The maximum Gasteiger partial charge on any atom is 0.246 e. The number of nitrogens with zero attached hydrogens (tertiary/aromatic N) is 7. The Balaban J connectivity index is 1.09. The zero-order chi connectivity index (χ0) is 27.1. The molecule has 0 spiro atoms. The van der Waals surface area contributed by atoms with Crippen LogP contribution in [0.15, 0.2) is 42.7 Å². The molecule has 12 heteroatoms. The summed E-state index contributed by atoms with van der Waals surface area (Å²) in [6, 6.07) is 10.9. The van der Waals surface area contributed by atoms with Gasteiger partial charge in [-0.25, -0.2) is 13.5 Å². The fourth-order valence-corrected chi connectivity index (χ4v) is 5.96. The molecule has 212 valence electrons. The van der Waals surface area contributed by atoms with Gasteiger partial charge in [0.05, 0.1) is 32.1 Å². The van der Waals surface area contributed by atoms with Gasteiger partial charge in [-0.3, -0.25) is 9.80 Å². The molecule has 5 heterocycles. The Bertz CT molecular complexity index is 1260. The Morgan fingerprint density at radius 3 is 1.73 bits per heavy atom. The van der Waals surface area contributed by atoms with Gasteiger partial charge in [0, 0.05) is 87.6 Å². The van der Waals surface area contributed by atoms with E-state index >= 15 is 0 Å². The van der Waals surface area contributed by atoms with Crippen molar-refractivity contribution in [3.05, 3.63) is 54.4 Å². The second-order valence-corrected chi connectivity index (χ2v) is 10.9. The van der Waals surface area contributed by atoms with Crippen molar-refractivity contribution >= 4 is 23.0 Å². The van der Waals surface area contributed by atoms with Crippen LogP contribution in [-0.4, -0.2) is 115 Å². The van der Waals surface area contributed by atoms with Crippen LogP contribution >= 0.6 is 0 Å². The first-order valence-electron chi connectivity index (χ1n) is 14.0. The van der Waals surface area contributed by atoms with E-state index < -0.39 is 11.6 Å². The molecule has 2 aromatic carbocycles. The van der Waals surface area contributed by atoms with E-state index in [1.807, 2.05) is 0 Å². The molecule has 4 fully saturated rings. The summed E-state index contributed by atoms with van der Waals surface area (Å²) in [5, 5.41) is 7.74. The minimum atomic E-state index is -0.660. The average Bonchev–Trinajstić information content (AvgIpc) is 3.36. The van der Waals surface area contributed by atoms with Crippen LogP contribution < -0.4 is 15.1 Å². The van der Waals surface area contributed by atoms with Crippen LogP contribution in [0.5, 0.6) is 0 Å². The topological polar surface area (TPSA) is 74.2 Å². The quantitative estimate of drug-likeness (QED) is 0.476. The van der Waals surface area contributed by atoms with Crippen molar-refractivity contribution in [2.45, 2.75) is 12.1 Å². The molecule has 3 aromatic rings. The lowest BCUT2D eigenvalue weighted by Crippen LogP contribution is -2.62. The van der Waals surface area contributed by atoms with Gasteiger partial charge in [0.2, 0.25) is 5.95 Å². The molecule has 0 amide bonds. The Morgan fingerprint density at radius 2 is 1.20 bits per heavy atom. The van der Waals surface area contributed by atoms with Gasteiger partial charge in [-0.1, -0.05) is 0 Å². The number of anilines is 4. The number of halogens is 2. The van der Waals surface area contributed by atoms with E-state index in [2.05, 4.69) is 53.2 Å². The molecule has 4 aliphatic rings. The number of morpholine rings is 2. The Hall–Kier alpha value is -3.32. The molecule has 40 heavy (non-hydrogen) atoms. The van der Waals surface area contributed by atoms with E-state index in [9.17, 15) is 8.78 Å². The summed E-state index contributed by atoms with van der Waals surface area (Å²) in [4.78, 5) is 14.2. The smallest absolute Gasteiger partial charge is 0.246 e. The number of nitrogens with one attached hydrogen (secondary N) is 1. The Morgan fingerprint density at radius 1 is 0.675 bits per heavy atom. The second kappa shape index (κ2) is 10.9. The lowest BCUT2D eigenvalue weighted by molar-refractivity contribution is 0.0104. The van der Waals surface area contributed by atoms with E-state index in [0.717, 1.165) is 102 Å². The van der Waals surface area contributed by atoms with Gasteiger partial charge < -0.3 is 24.6 Å². The highest BCUT2D eigenvalue weighted by Gasteiger charge is 2.35. The molecule has 4 aliphatic heterocycles. The maximum atomic E-state index is 13.7. The van der Waals surface area contributed by atoms with Gasteiger partial charge in [0.25, 0.3) is 0 Å². The lowest BCUT2D eigenvalue weighted by atomic mass is 10.0. The van der Waals surface area contributed by atoms with Crippen molar-refractivity contribution in [1.29, 1.82) is 0 Å². The molecule has 10 nitrogen and oxygen atoms in total. The first kappa shape index (κ1) is 25.6. The minimum Gasteiger partial charge on any atom is -0.379 e. The molecule has 0 bridgehead atoms. The van der Waals surface area contributed by atoms with E-state index in [0.29, 0.717) is 18.0 Å². The summed E-state index contributed by atoms with van der Waals surface area (Å²) >= 11 is 0. The van der Waals surface area contributed by atoms with Crippen molar-refractivity contribution in [2.75, 3.05) is 93.9 Å². The Kier molecular flexibility index (Phi) is 7.00. The lowest BCUT2D eigenvalue weighted by Gasteiger charge is -2.49. The molecule has 0 aliphatic carbocycles. The highest BCUT2D eigenvalue weighted by Crippen LogP contribution is 2.35. The average molecular weight is 553 g/mol. The fourth-order valence-electron chi connectivity index (χ4n) is 5.96. The standard InChI is InChI=1S/C28H34F2N8O2/c29-20-9-21(30)11-25(10-20)38-19-31-28(33-38)32-22-12-23(36-15-26(16-36)34-1-5-39-6-2-34)14-24(13-22)37-17-27(18-37)35-3-7-40-8-4-35/h9-14,19,26-27H,1-8,15-18H2,(H,32,33). The minimum absolute atomic E-state index is 0.275. The van der Waals surface area contributed by atoms with Crippen LogP contribution in [0.4, 0.5) is 31.8 Å². The fraction of sp³-hybridized carbons (Fsp3) is 0.500. The SMILES string of the molecule is Fc1cc(F)cc(-n2cnc(Nc3cc(N4CC(N5CCOCC5)C4)cc(N4CC(N5CCOCC5)C4)c3)n2)c1. The van der Waals surface area contributed by atoms with Crippen LogP contribution in [0.3, 0.4) is 0 Å². The monoisotopic (exact) mass is 552 g/mol. The Labute approximate surface area is 232 Å². The van der Waals surface area contributed by atoms with Gasteiger partial charge in [-0.15, -0.1) is 5.10 Å². The highest BCUT2D eigenvalue weighted by molar-refractivity contribution is 5.72. The van der Waals surface area contributed by atoms with Crippen LogP contribution in [0.1, 0.15) is 0 Å². The first-order valence-corrected chi connectivity index (χ1v) is 14.0. The normalized spacial score (nSPS) is 21.4. The number of benzene rings is 2. The molecule has 1 N–H and O–H groups in total. The third kappa shape index (κ3) is 5.36. The maximum absolute atomic E-state index is 13.7. The summed E-state index contributed by atoms with van der Waals surface area (Å²) in [6.45, 7) is 11.1.